The average molecular weight is 443 g/mol. The Bertz CT molecular complexity index is 1330. The number of aryl methyl sites for hydroxylation is 1. The summed E-state index contributed by atoms with van der Waals surface area (Å²) in [6.07, 6.45) is 5.29. The molecule has 154 valence electrons. The largest absolute Gasteiger partial charge is 0.463 e. The molecule has 0 radical (unpaired) electrons. The van der Waals surface area contributed by atoms with Gasteiger partial charge in [-0.1, -0.05) is 35.1 Å². The molecule has 0 N–H and O–H groups in total. The lowest BCUT2D eigenvalue weighted by Gasteiger charge is -2.24. The first-order valence-electron chi connectivity index (χ1n) is 9.33. The van der Waals surface area contributed by atoms with Crippen molar-refractivity contribution in [1.29, 1.82) is 0 Å². The molecule has 0 saturated carbocycles. The Kier molecular flexibility index (Phi) is 5.44. The Morgan fingerprint density at radius 1 is 1.33 bits per heavy atom. The van der Waals surface area contributed by atoms with E-state index < -0.39 is 12.0 Å². The maximum atomic E-state index is 13.4. The third kappa shape index (κ3) is 3.64. The van der Waals surface area contributed by atoms with Gasteiger partial charge >= 0.3 is 5.97 Å². The van der Waals surface area contributed by atoms with Crippen LogP contribution in [0.3, 0.4) is 0 Å². The zero-order valence-electron chi connectivity index (χ0n) is 16.6. The standard InChI is InChI=1S/C21H19ClN4O3S/c1-4-29-20(28)17-12(2)24-21-26(18(17)14-5-7-15(22)8-6-14)19(27)16(30-21)9-13-10-23-25(3)11-13/h5-11,18H,4H2,1-3H3/t18-/m1/s1. The molecule has 0 fully saturated rings. The van der Waals surface area contributed by atoms with Crippen molar-refractivity contribution in [2.45, 2.75) is 19.9 Å². The summed E-state index contributed by atoms with van der Waals surface area (Å²) in [4.78, 5) is 31.2. The van der Waals surface area contributed by atoms with Crippen LogP contribution in [0.4, 0.5) is 0 Å². The summed E-state index contributed by atoms with van der Waals surface area (Å²) < 4.78 is 9.01. The highest BCUT2D eigenvalue weighted by Crippen LogP contribution is 2.31. The lowest BCUT2D eigenvalue weighted by atomic mass is 9.96. The fourth-order valence-electron chi connectivity index (χ4n) is 3.42. The molecule has 3 heterocycles. The van der Waals surface area contributed by atoms with Gasteiger partial charge in [0.15, 0.2) is 4.80 Å². The smallest absolute Gasteiger partial charge is 0.338 e. The number of hydrogen-bond donors (Lipinski definition) is 0. The molecule has 3 aromatic rings. The maximum absolute atomic E-state index is 13.4. The van der Waals surface area contributed by atoms with E-state index in [2.05, 4.69) is 10.1 Å². The molecule has 7 nitrogen and oxygen atoms in total. The van der Waals surface area contributed by atoms with E-state index in [1.54, 1.807) is 47.5 Å². The van der Waals surface area contributed by atoms with E-state index in [9.17, 15) is 9.59 Å². The topological polar surface area (TPSA) is 78.5 Å². The molecule has 1 aliphatic heterocycles. The Labute approximate surface area is 181 Å². The van der Waals surface area contributed by atoms with Gasteiger partial charge in [-0.2, -0.15) is 5.10 Å². The number of allylic oxidation sites excluding steroid dienone is 1. The number of nitrogens with zero attached hydrogens (tertiary/aromatic N) is 4. The molecule has 0 spiro atoms. The molecule has 9 heteroatoms. The number of fused-ring (bicyclic) bond motifs is 1. The van der Waals surface area contributed by atoms with E-state index >= 15 is 0 Å². The van der Waals surface area contributed by atoms with Crippen LogP contribution in [0, 0.1) is 0 Å². The van der Waals surface area contributed by atoms with Crippen LogP contribution in [0.5, 0.6) is 0 Å². The Hall–Kier alpha value is -2.97. The molecule has 0 amide bonds. The summed E-state index contributed by atoms with van der Waals surface area (Å²) >= 11 is 7.33. The third-order valence-electron chi connectivity index (χ3n) is 4.73. The SMILES string of the molecule is CCOC(=O)C1=C(C)N=c2sc(=Cc3cnn(C)c3)c(=O)n2[C@@H]1c1ccc(Cl)cc1. The molecule has 30 heavy (non-hydrogen) atoms. The number of carbonyl (C=O) groups is 1. The van der Waals surface area contributed by atoms with Crippen molar-refractivity contribution in [2.24, 2.45) is 12.0 Å². The Morgan fingerprint density at radius 3 is 2.70 bits per heavy atom. The normalized spacial score (nSPS) is 16.4. The predicted octanol–water partition coefficient (Wildman–Crippen LogP) is 2.19. The number of aromatic nitrogens is 3. The minimum atomic E-state index is -0.645. The van der Waals surface area contributed by atoms with Gasteiger partial charge in [0.2, 0.25) is 0 Å². The van der Waals surface area contributed by atoms with Crippen molar-refractivity contribution >= 4 is 35.0 Å². The van der Waals surface area contributed by atoms with E-state index in [1.165, 1.54) is 11.3 Å². The molecule has 0 aliphatic carbocycles. The minimum absolute atomic E-state index is 0.225. The van der Waals surface area contributed by atoms with Gasteiger partial charge in [-0.25, -0.2) is 9.79 Å². The molecule has 1 aliphatic rings. The highest BCUT2D eigenvalue weighted by Gasteiger charge is 2.33. The fourth-order valence-corrected chi connectivity index (χ4v) is 4.59. The molecular weight excluding hydrogens is 424 g/mol. The van der Waals surface area contributed by atoms with Crippen LogP contribution in [0.25, 0.3) is 6.08 Å². The first kappa shape index (κ1) is 20.3. The number of benzene rings is 1. The van der Waals surface area contributed by atoms with Crippen molar-refractivity contribution in [1.82, 2.24) is 14.3 Å². The zero-order chi connectivity index (χ0) is 21.4. The van der Waals surface area contributed by atoms with E-state index in [1.807, 2.05) is 25.4 Å². The third-order valence-corrected chi connectivity index (χ3v) is 5.96. The van der Waals surface area contributed by atoms with Gasteiger partial charge in [0.1, 0.15) is 0 Å². The van der Waals surface area contributed by atoms with Crippen molar-refractivity contribution in [3.05, 3.63) is 83.8 Å². The summed E-state index contributed by atoms with van der Waals surface area (Å²) in [5.41, 5.74) is 2.22. The van der Waals surface area contributed by atoms with E-state index in [-0.39, 0.29) is 12.2 Å². The summed E-state index contributed by atoms with van der Waals surface area (Å²) in [5, 5.41) is 4.71. The predicted molar refractivity (Wildman–Crippen MR) is 115 cm³/mol. The van der Waals surface area contributed by atoms with Gasteiger partial charge in [-0.05, 0) is 37.6 Å². The lowest BCUT2D eigenvalue weighted by Crippen LogP contribution is -2.39. The molecule has 0 bridgehead atoms. The Balaban J connectivity index is 1.96. The number of esters is 1. The van der Waals surface area contributed by atoms with Crippen LogP contribution < -0.4 is 14.9 Å². The second-order valence-electron chi connectivity index (χ2n) is 6.80. The number of carbonyl (C=O) groups excluding carboxylic acids is 1. The first-order valence-corrected chi connectivity index (χ1v) is 10.5. The quantitative estimate of drug-likeness (QED) is 0.580. The number of halogens is 1. The number of rotatable bonds is 4. The number of hydrogen-bond acceptors (Lipinski definition) is 6. The van der Waals surface area contributed by atoms with Gasteiger partial charge in [-0.3, -0.25) is 14.0 Å². The highest BCUT2D eigenvalue weighted by molar-refractivity contribution is 7.07. The Morgan fingerprint density at radius 2 is 2.07 bits per heavy atom. The van der Waals surface area contributed by atoms with Gasteiger partial charge in [-0.15, -0.1) is 0 Å². The number of ether oxygens (including phenoxy) is 1. The van der Waals surface area contributed by atoms with Crippen molar-refractivity contribution in [2.75, 3.05) is 6.61 Å². The first-order chi connectivity index (χ1) is 14.4. The van der Waals surface area contributed by atoms with Gasteiger partial charge in [0, 0.05) is 23.8 Å². The molecule has 1 aromatic carbocycles. The molecule has 4 rings (SSSR count). The molecule has 0 saturated heterocycles. The van der Waals surface area contributed by atoms with E-state index in [0.717, 1.165) is 11.1 Å². The van der Waals surface area contributed by atoms with Crippen LogP contribution in [-0.2, 0) is 16.6 Å². The van der Waals surface area contributed by atoms with Crippen LogP contribution in [0.15, 0.2) is 57.7 Å². The van der Waals surface area contributed by atoms with Crippen LogP contribution in [0.2, 0.25) is 5.02 Å². The molecule has 0 unspecified atom stereocenters. The zero-order valence-corrected chi connectivity index (χ0v) is 18.2. The monoisotopic (exact) mass is 442 g/mol. The molecular formula is C21H19ClN4O3S. The second-order valence-corrected chi connectivity index (χ2v) is 8.25. The minimum Gasteiger partial charge on any atom is -0.463 e. The summed E-state index contributed by atoms with van der Waals surface area (Å²) in [7, 11) is 1.81. The van der Waals surface area contributed by atoms with Gasteiger partial charge < -0.3 is 4.74 Å². The fraction of sp³-hybridized carbons (Fsp3) is 0.238. The summed E-state index contributed by atoms with van der Waals surface area (Å²) in [5.74, 6) is -0.486. The van der Waals surface area contributed by atoms with Crippen LogP contribution in [-0.4, -0.2) is 26.9 Å². The molecule has 1 atom stereocenters. The maximum Gasteiger partial charge on any atom is 0.338 e. The van der Waals surface area contributed by atoms with Gasteiger partial charge in [0.25, 0.3) is 5.56 Å². The lowest BCUT2D eigenvalue weighted by molar-refractivity contribution is -0.139. The van der Waals surface area contributed by atoms with Crippen LogP contribution >= 0.6 is 22.9 Å². The van der Waals surface area contributed by atoms with Crippen molar-refractivity contribution in [3.63, 3.8) is 0 Å². The second kappa shape index (κ2) is 8.04. The highest BCUT2D eigenvalue weighted by atomic mass is 35.5. The summed E-state index contributed by atoms with van der Waals surface area (Å²) in [6, 6.07) is 6.45. The average Bonchev–Trinajstić information content (AvgIpc) is 3.24. The van der Waals surface area contributed by atoms with Crippen LogP contribution in [0.1, 0.15) is 31.0 Å². The van der Waals surface area contributed by atoms with Gasteiger partial charge in [0.05, 0.1) is 34.6 Å². The van der Waals surface area contributed by atoms with E-state index in [4.69, 9.17) is 16.3 Å². The summed E-state index contributed by atoms with van der Waals surface area (Å²) in [6.45, 7) is 3.73. The van der Waals surface area contributed by atoms with Crippen molar-refractivity contribution in [3.8, 4) is 0 Å². The van der Waals surface area contributed by atoms with Crippen molar-refractivity contribution < 1.29 is 9.53 Å². The number of thiazole rings is 1. The van der Waals surface area contributed by atoms with E-state index in [0.29, 0.717) is 25.6 Å². The molecule has 2 aromatic heterocycles.